The number of nitrogens with one attached hydrogen (secondary N) is 2. The molecular formula is C17H13Cl2N3O2. The molecule has 1 aromatic heterocycles. The molecule has 122 valence electrons. The lowest BCUT2D eigenvalue weighted by molar-refractivity contribution is 0.102. The van der Waals surface area contributed by atoms with Crippen LogP contribution in [0.1, 0.15) is 10.5 Å². The quantitative estimate of drug-likeness (QED) is 0.710. The van der Waals surface area contributed by atoms with E-state index < -0.39 is 0 Å². The molecule has 0 fully saturated rings. The van der Waals surface area contributed by atoms with Gasteiger partial charge in [0, 0.05) is 22.3 Å². The molecule has 1 amide bonds. The first kappa shape index (κ1) is 16.4. The van der Waals surface area contributed by atoms with Crippen molar-refractivity contribution in [2.45, 2.75) is 0 Å². The van der Waals surface area contributed by atoms with Crippen LogP contribution in [0.25, 0.3) is 11.3 Å². The van der Waals surface area contributed by atoms with Gasteiger partial charge in [-0.3, -0.25) is 9.89 Å². The lowest BCUT2D eigenvalue weighted by Crippen LogP contribution is -2.12. The first-order valence-electron chi connectivity index (χ1n) is 7.03. The Balaban J connectivity index is 1.80. The Morgan fingerprint density at radius 2 is 2.00 bits per heavy atom. The Hall–Kier alpha value is -2.50. The minimum Gasteiger partial charge on any atom is -0.497 e. The highest BCUT2D eigenvalue weighted by Crippen LogP contribution is 2.29. The molecule has 5 nitrogen and oxygen atoms in total. The molecular weight excluding hydrogens is 349 g/mol. The van der Waals surface area contributed by atoms with Gasteiger partial charge in [0.2, 0.25) is 0 Å². The number of aromatic amines is 1. The van der Waals surface area contributed by atoms with Crippen LogP contribution in [-0.2, 0) is 0 Å². The lowest BCUT2D eigenvalue weighted by atomic mass is 10.1. The third-order valence-electron chi connectivity index (χ3n) is 3.36. The van der Waals surface area contributed by atoms with Gasteiger partial charge in [0.1, 0.15) is 11.4 Å². The molecule has 1 heterocycles. The van der Waals surface area contributed by atoms with E-state index in [1.807, 2.05) is 0 Å². The maximum Gasteiger partial charge on any atom is 0.273 e. The highest BCUT2D eigenvalue weighted by Gasteiger charge is 2.13. The zero-order chi connectivity index (χ0) is 17.1. The molecule has 0 spiro atoms. The number of anilines is 1. The second-order valence-electron chi connectivity index (χ2n) is 4.98. The van der Waals surface area contributed by atoms with Gasteiger partial charge in [0.25, 0.3) is 5.91 Å². The average molecular weight is 362 g/mol. The molecule has 0 unspecified atom stereocenters. The fourth-order valence-corrected chi connectivity index (χ4v) is 2.68. The Kier molecular flexibility index (Phi) is 4.74. The van der Waals surface area contributed by atoms with Crippen molar-refractivity contribution in [2.24, 2.45) is 0 Å². The van der Waals surface area contributed by atoms with E-state index in [9.17, 15) is 4.79 Å². The van der Waals surface area contributed by atoms with Crippen LogP contribution in [0, 0.1) is 0 Å². The minimum atomic E-state index is -0.313. The number of aromatic nitrogens is 2. The largest absolute Gasteiger partial charge is 0.497 e. The van der Waals surface area contributed by atoms with Gasteiger partial charge in [-0.2, -0.15) is 5.10 Å². The Bertz CT molecular complexity index is 893. The van der Waals surface area contributed by atoms with E-state index in [2.05, 4.69) is 15.5 Å². The van der Waals surface area contributed by atoms with Crippen molar-refractivity contribution in [3.05, 3.63) is 64.3 Å². The van der Waals surface area contributed by atoms with Crippen molar-refractivity contribution in [1.82, 2.24) is 10.2 Å². The van der Waals surface area contributed by atoms with Gasteiger partial charge in [0.15, 0.2) is 0 Å². The number of ether oxygens (including phenoxy) is 1. The first-order valence-corrected chi connectivity index (χ1v) is 7.78. The van der Waals surface area contributed by atoms with Crippen LogP contribution >= 0.6 is 23.2 Å². The number of hydrogen-bond donors (Lipinski definition) is 2. The summed E-state index contributed by atoms with van der Waals surface area (Å²) in [6.45, 7) is 0. The van der Waals surface area contributed by atoms with Crippen molar-refractivity contribution in [3.63, 3.8) is 0 Å². The van der Waals surface area contributed by atoms with E-state index in [0.717, 1.165) is 0 Å². The zero-order valence-corrected chi connectivity index (χ0v) is 14.2. The van der Waals surface area contributed by atoms with E-state index in [1.54, 1.807) is 55.6 Å². The van der Waals surface area contributed by atoms with Crippen LogP contribution in [-0.4, -0.2) is 23.2 Å². The van der Waals surface area contributed by atoms with E-state index in [-0.39, 0.29) is 5.91 Å². The molecule has 0 aliphatic rings. The van der Waals surface area contributed by atoms with E-state index >= 15 is 0 Å². The predicted molar refractivity (Wildman–Crippen MR) is 95.0 cm³/mol. The Morgan fingerprint density at radius 3 is 2.75 bits per heavy atom. The average Bonchev–Trinajstić information content (AvgIpc) is 3.05. The molecule has 0 saturated carbocycles. The third kappa shape index (κ3) is 3.53. The molecule has 0 saturated heterocycles. The van der Waals surface area contributed by atoms with Gasteiger partial charge >= 0.3 is 0 Å². The van der Waals surface area contributed by atoms with Gasteiger partial charge in [-0.25, -0.2) is 0 Å². The summed E-state index contributed by atoms with van der Waals surface area (Å²) in [7, 11) is 1.57. The number of H-pyrrole nitrogens is 1. The number of nitrogens with zero attached hydrogens (tertiary/aromatic N) is 1. The molecule has 0 bridgehead atoms. The fraction of sp³-hybridized carbons (Fsp3) is 0.0588. The molecule has 0 aliphatic carbocycles. The first-order chi connectivity index (χ1) is 11.6. The topological polar surface area (TPSA) is 67.0 Å². The summed E-state index contributed by atoms with van der Waals surface area (Å²) in [5.41, 5.74) is 2.20. The molecule has 3 rings (SSSR count). The van der Waals surface area contributed by atoms with E-state index in [1.165, 1.54) is 0 Å². The summed E-state index contributed by atoms with van der Waals surface area (Å²) in [5, 5.41) is 10.6. The van der Waals surface area contributed by atoms with Gasteiger partial charge in [-0.05, 0) is 36.4 Å². The molecule has 0 atom stereocenters. The molecule has 7 heteroatoms. The minimum absolute atomic E-state index is 0.313. The number of hydrogen-bond acceptors (Lipinski definition) is 3. The van der Waals surface area contributed by atoms with Gasteiger partial charge in [-0.1, -0.05) is 29.3 Å². The summed E-state index contributed by atoms with van der Waals surface area (Å²) < 4.78 is 5.13. The van der Waals surface area contributed by atoms with Crippen LogP contribution in [0.15, 0.2) is 48.5 Å². The number of benzene rings is 2. The molecule has 2 N–H and O–H groups in total. The predicted octanol–water partition coefficient (Wildman–Crippen LogP) is 4.64. The molecule has 3 aromatic rings. The zero-order valence-electron chi connectivity index (χ0n) is 12.6. The Morgan fingerprint density at radius 1 is 1.17 bits per heavy atom. The van der Waals surface area contributed by atoms with Crippen LogP contribution in [0.3, 0.4) is 0 Å². The maximum absolute atomic E-state index is 12.3. The monoisotopic (exact) mass is 361 g/mol. The summed E-state index contributed by atoms with van der Waals surface area (Å²) in [6.07, 6.45) is 0. The number of halogens is 2. The molecule has 24 heavy (non-hydrogen) atoms. The van der Waals surface area contributed by atoms with Crippen molar-refractivity contribution < 1.29 is 9.53 Å². The lowest BCUT2D eigenvalue weighted by Gasteiger charge is -2.05. The molecule has 0 radical (unpaired) electrons. The van der Waals surface area contributed by atoms with Gasteiger partial charge in [-0.15, -0.1) is 0 Å². The third-order valence-corrected chi connectivity index (χ3v) is 3.90. The van der Waals surface area contributed by atoms with Crippen LogP contribution in [0.4, 0.5) is 5.69 Å². The van der Waals surface area contributed by atoms with Crippen molar-refractivity contribution >= 4 is 34.8 Å². The second-order valence-corrected chi connectivity index (χ2v) is 5.82. The molecule has 0 aliphatic heterocycles. The van der Waals surface area contributed by atoms with Crippen molar-refractivity contribution in [2.75, 3.05) is 12.4 Å². The van der Waals surface area contributed by atoms with Crippen molar-refractivity contribution in [3.8, 4) is 17.0 Å². The van der Waals surface area contributed by atoms with Crippen molar-refractivity contribution in [1.29, 1.82) is 0 Å². The summed E-state index contributed by atoms with van der Waals surface area (Å²) >= 11 is 12.1. The van der Waals surface area contributed by atoms with E-state index in [4.69, 9.17) is 27.9 Å². The van der Waals surface area contributed by atoms with E-state index in [0.29, 0.717) is 38.4 Å². The van der Waals surface area contributed by atoms with Crippen LogP contribution < -0.4 is 10.1 Å². The fourth-order valence-electron chi connectivity index (χ4n) is 2.17. The number of amides is 1. The summed E-state index contributed by atoms with van der Waals surface area (Å²) in [6, 6.07) is 13.8. The number of carbonyl (C=O) groups is 1. The molecule has 2 aromatic carbocycles. The van der Waals surface area contributed by atoms with Crippen LogP contribution in [0.5, 0.6) is 5.75 Å². The highest BCUT2D eigenvalue weighted by atomic mass is 35.5. The summed E-state index contributed by atoms with van der Waals surface area (Å²) in [4.78, 5) is 12.3. The smallest absolute Gasteiger partial charge is 0.273 e. The van der Waals surface area contributed by atoms with Crippen LogP contribution in [0.2, 0.25) is 10.0 Å². The van der Waals surface area contributed by atoms with Gasteiger partial charge in [0.05, 0.1) is 17.8 Å². The Labute approximate surface area is 148 Å². The van der Waals surface area contributed by atoms with Gasteiger partial charge < -0.3 is 10.1 Å². The number of carbonyl (C=O) groups excluding carboxylic acids is 1. The SMILES string of the molecule is COc1cccc(NC(=O)c2cc(-c3ccc(Cl)cc3Cl)n[nH]2)c1. The maximum atomic E-state index is 12.3. The number of methoxy groups -OCH3 is 1. The normalized spacial score (nSPS) is 10.5. The number of rotatable bonds is 4. The standard InChI is InChI=1S/C17H13Cl2N3O2/c1-24-12-4-2-3-11(8-12)20-17(23)16-9-15(21-22-16)13-6-5-10(18)7-14(13)19/h2-9H,1H3,(H,20,23)(H,21,22). The summed E-state index contributed by atoms with van der Waals surface area (Å²) in [5.74, 6) is 0.345. The highest BCUT2D eigenvalue weighted by molar-refractivity contribution is 6.36. The second kappa shape index (κ2) is 6.95.